The fraction of sp³-hybridized carbons (Fsp3) is 1.00. The maximum absolute atomic E-state index is 4.52. The second-order valence-corrected chi connectivity index (χ2v) is 7.68. The number of thiol groups is 1. The highest BCUT2D eigenvalue weighted by Gasteiger charge is 2.27. The monoisotopic (exact) mass is 261 g/mol. The predicted octanol–water partition coefficient (Wildman–Crippen LogP) is 3.41. The summed E-state index contributed by atoms with van der Waals surface area (Å²) in [6, 6.07) is 0. The first-order valence-electron chi connectivity index (χ1n) is 6.42. The Bertz CT molecular complexity index is 201. The minimum Gasteiger partial charge on any atom is -0.301 e. The summed E-state index contributed by atoms with van der Waals surface area (Å²) >= 11 is 6.67. The van der Waals surface area contributed by atoms with Crippen LogP contribution in [0.5, 0.6) is 0 Å². The third-order valence-corrected chi connectivity index (χ3v) is 5.41. The zero-order valence-electron chi connectivity index (χ0n) is 11.2. The lowest BCUT2D eigenvalue weighted by Gasteiger charge is -2.38. The van der Waals surface area contributed by atoms with Crippen LogP contribution in [0.4, 0.5) is 0 Å². The molecule has 0 N–H and O–H groups in total. The normalized spacial score (nSPS) is 25.7. The highest BCUT2D eigenvalue weighted by Crippen LogP contribution is 2.29. The second-order valence-electron chi connectivity index (χ2n) is 5.91. The van der Waals surface area contributed by atoms with Crippen LogP contribution in [-0.2, 0) is 0 Å². The SMILES string of the molecule is CCC1CN(CC(CS)C(C)(C)C)CCS1. The van der Waals surface area contributed by atoms with Gasteiger partial charge in [0.2, 0.25) is 0 Å². The van der Waals surface area contributed by atoms with Crippen LogP contribution >= 0.6 is 24.4 Å². The van der Waals surface area contributed by atoms with E-state index in [4.69, 9.17) is 0 Å². The lowest BCUT2D eigenvalue weighted by molar-refractivity contribution is 0.168. The van der Waals surface area contributed by atoms with Crippen LogP contribution in [0.1, 0.15) is 34.1 Å². The van der Waals surface area contributed by atoms with Crippen molar-refractivity contribution in [2.45, 2.75) is 39.4 Å². The van der Waals surface area contributed by atoms with Crippen LogP contribution in [0, 0.1) is 11.3 Å². The lowest BCUT2D eigenvalue weighted by Crippen LogP contribution is -2.43. The quantitative estimate of drug-likeness (QED) is 0.773. The summed E-state index contributed by atoms with van der Waals surface area (Å²) in [6.07, 6.45) is 1.31. The molecule has 2 atom stereocenters. The second kappa shape index (κ2) is 6.55. The van der Waals surface area contributed by atoms with Crippen molar-refractivity contribution in [2.75, 3.05) is 31.1 Å². The maximum Gasteiger partial charge on any atom is 0.0172 e. The first-order chi connectivity index (χ1) is 7.47. The van der Waals surface area contributed by atoms with Gasteiger partial charge in [-0.1, -0.05) is 27.7 Å². The number of rotatable bonds is 4. The van der Waals surface area contributed by atoms with Gasteiger partial charge < -0.3 is 4.90 Å². The first-order valence-corrected chi connectivity index (χ1v) is 8.10. The van der Waals surface area contributed by atoms with Gasteiger partial charge in [0, 0.05) is 30.6 Å². The van der Waals surface area contributed by atoms with Crippen molar-refractivity contribution < 1.29 is 0 Å². The van der Waals surface area contributed by atoms with E-state index in [9.17, 15) is 0 Å². The van der Waals surface area contributed by atoms with Crippen molar-refractivity contribution in [1.82, 2.24) is 4.90 Å². The average Bonchev–Trinajstić information content (AvgIpc) is 2.24. The van der Waals surface area contributed by atoms with E-state index >= 15 is 0 Å². The summed E-state index contributed by atoms with van der Waals surface area (Å²) in [5, 5.41) is 0.856. The van der Waals surface area contributed by atoms with Crippen molar-refractivity contribution in [2.24, 2.45) is 11.3 Å². The molecule has 3 heteroatoms. The molecule has 16 heavy (non-hydrogen) atoms. The van der Waals surface area contributed by atoms with E-state index in [0.717, 1.165) is 11.0 Å². The molecule has 0 bridgehead atoms. The Kier molecular flexibility index (Phi) is 6.03. The van der Waals surface area contributed by atoms with Crippen molar-refractivity contribution >= 4 is 24.4 Å². The van der Waals surface area contributed by atoms with Gasteiger partial charge in [0.15, 0.2) is 0 Å². The van der Waals surface area contributed by atoms with Gasteiger partial charge in [-0.05, 0) is 23.5 Å². The smallest absolute Gasteiger partial charge is 0.0172 e. The van der Waals surface area contributed by atoms with E-state index in [-0.39, 0.29) is 0 Å². The van der Waals surface area contributed by atoms with Crippen LogP contribution in [0.2, 0.25) is 0 Å². The number of hydrogen-bond acceptors (Lipinski definition) is 3. The molecule has 0 amide bonds. The number of thioether (sulfide) groups is 1. The van der Waals surface area contributed by atoms with Crippen LogP contribution in [0.15, 0.2) is 0 Å². The van der Waals surface area contributed by atoms with Crippen LogP contribution in [0.25, 0.3) is 0 Å². The third kappa shape index (κ3) is 4.50. The summed E-state index contributed by atoms with van der Waals surface area (Å²) in [5.74, 6) is 3.02. The van der Waals surface area contributed by atoms with Crippen molar-refractivity contribution in [1.29, 1.82) is 0 Å². The van der Waals surface area contributed by atoms with E-state index in [0.29, 0.717) is 11.3 Å². The lowest BCUT2D eigenvalue weighted by atomic mass is 9.81. The van der Waals surface area contributed by atoms with E-state index < -0.39 is 0 Å². The highest BCUT2D eigenvalue weighted by atomic mass is 32.2. The number of hydrogen-bond donors (Lipinski definition) is 1. The van der Waals surface area contributed by atoms with Gasteiger partial charge in [0.25, 0.3) is 0 Å². The fourth-order valence-corrected chi connectivity index (χ4v) is 4.02. The Morgan fingerprint density at radius 2 is 2.12 bits per heavy atom. The molecule has 0 aromatic heterocycles. The molecule has 2 unspecified atom stereocenters. The highest BCUT2D eigenvalue weighted by molar-refractivity contribution is 8.00. The molecule has 1 saturated heterocycles. The van der Waals surface area contributed by atoms with Crippen molar-refractivity contribution in [3.05, 3.63) is 0 Å². The summed E-state index contributed by atoms with van der Waals surface area (Å²) in [5.41, 5.74) is 0.383. The minimum atomic E-state index is 0.383. The van der Waals surface area contributed by atoms with Gasteiger partial charge in [-0.3, -0.25) is 0 Å². The van der Waals surface area contributed by atoms with Crippen LogP contribution < -0.4 is 0 Å². The van der Waals surface area contributed by atoms with Gasteiger partial charge >= 0.3 is 0 Å². The Morgan fingerprint density at radius 3 is 2.62 bits per heavy atom. The zero-order valence-corrected chi connectivity index (χ0v) is 12.9. The molecule has 1 fully saturated rings. The van der Waals surface area contributed by atoms with Gasteiger partial charge in [-0.2, -0.15) is 24.4 Å². The Hall–Kier alpha value is 0.660. The van der Waals surface area contributed by atoms with Gasteiger partial charge in [0.1, 0.15) is 0 Å². The number of nitrogens with zero attached hydrogens (tertiary/aromatic N) is 1. The van der Waals surface area contributed by atoms with Gasteiger partial charge in [-0.15, -0.1) is 0 Å². The third-order valence-electron chi connectivity index (χ3n) is 3.60. The average molecular weight is 261 g/mol. The minimum absolute atomic E-state index is 0.383. The molecule has 96 valence electrons. The molecule has 1 aliphatic rings. The zero-order chi connectivity index (χ0) is 12.2. The molecule has 1 rings (SSSR count). The standard InChI is InChI=1S/C13H27NS2/c1-5-12-9-14(6-7-16-12)8-11(10-15)13(2,3)4/h11-12,15H,5-10H2,1-4H3. The molecule has 0 aromatic carbocycles. The van der Waals surface area contributed by atoms with Crippen LogP contribution in [0.3, 0.4) is 0 Å². The molecular formula is C13H27NS2. The van der Waals surface area contributed by atoms with E-state index in [2.05, 4.69) is 57.0 Å². The molecule has 1 heterocycles. The Balaban J connectivity index is 2.45. The maximum atomic E-state index is 4.52. The van der Waals surface area contributed by atoms with E-state index in [1.165, 1.54) is 31.8 Å². The molecule has 0 radical (unpaired) electrons. The summed E-state index contributed by atoms with van der Waals surface area (Å²) < 4.78 is 0. The Morgan fingerprint density at radius 1 is 1.44 bits per heavy atom. The fourth-order valence-electron chi connectivity index (χ4n) is 2.11. The van der Waals surface area contributed by atoms with Crippen molar-refractivity contribution in [3.63, 3.8) is 0 Å². The molecule has 1 aliphatic heterocycles. The topological polar surface area (TPSA) is 3.24 Å². The van der Waals surface area contributed by atoms with E-state index in [1.807, 2.05) is 0 Å². The van der Waals surface area contributed by atoms with Crippen LogP contribution in [-0.4, -0.2) is 41.3 Å². The molecule has 0 spiro atoms. The first kappa shape index (κ1) is 14.7. The van der Waals surface area contributed by atoms with Gasteiger partial charge in [-0.25, -0.2) is 0 Å². The molecule has 0 saturated carbocycles. The summed E-state index contributed by atoms with van der Waals surface area (Å²) in [4.78, 5) is 2.65. The molecular weight excluding hydrogens is 234 g/mol. The molecule has 0 aliphatic carbocycles. The largest absolute Gasteiger partial charge is 0.301 e. The predicted molar refractivity (Wildman–Crippen MR) is 79.8 cm³/mol. The Labute approximate surface area is 111 Å². The molecule has 0 aromatic rings. The van der Waals surface area contributed by atoms with Gasteiger partial charge in [0.05, 0.1) is 0 Å². The van der Waals surface area contributed by atoms with E-state index in [1.54, 1.807) is 0 Å². The van der Waals surface area contributed by atoms with Crippen molar-refractivity contribution in [3.8, 4) is 0 Å². The molecule has 1 nitrogen and oxygen atoms in total. The summed E-state index contributed by atoms with van der Waals surface area (Å²) in [7, 11) is 0. The summed E-state index contributed by atoms with van der Waals surface area (Å²) in [6.45, 7) is 13.1.